The molecule has 0 aliphatic rings. The van der Waals surface area contributed by atoms with E-state index in [1.165, 1.54) is 0 Å². The summed E-state index contributed by atoms with van der Waals surface area (Å²) in [6.07, 6.45) is 4.62. The number of hydrogen-bond donors (Lipinski definition) is 2. The molecule has 5 nitrogen and oxygen atoms in total. The van der Waals surface area contributed by atoms with Crippen molar-refractivity contribution >= 4 is 11.9 Å². The maximum Gasteiger partial charge on any atom is 0.329 e. The van der Waals surface area contributed by atoms with Crippen molar-refractivity contribution in [3.8, 4) is 0 Å². The summed E-state index contributed by atoms with van der Waals surface area (Å²) in [6.45, 7) is 0.226. The van der Waals surface area contributed by atoms with E-state index in [4.69, 9.17) is 14.9 Å². The molecule has 2 N–H and O–H groups in total. The standard InChI is InChI=1S/C10H18O5/c11-9(12)6-4-2-1-3-5-7-15-8-10(13)14/h1-8H2,(H,11,12)(H,13,14). The molecule has 0 aromatic carbocycles. The average Bonchev–Trinajstić information content (AvgIpc) is 2.14. The van der Waals surface area contributed by atoms with Gasteiger partial charge in [0.15, 0.2) is 0 Å². The number of carbonyl (C=O) groups is 2. The summed E-state index contributed by atoms with van der Waals surface area (Å²) in [5, 5.41) is 16.6. The molecule has 0 aromatic rings. The molecule has 0 saturated carbocycles. The summed E-state index contributed by atoms with van der Waals surface area (Å²) in [7, 11) is 0. The molecule has 0 radical (unpaired) electrons. The number of rotatable bonds is 10. The molecule has 0 heterocycles. The molecule has 0 aliphatic carbocycles. The third-order valence-corrected chi connectivity index (χ3v) is 1.90. The number of hydrogen-bond acceptors (Lipinski definition) is 3. The number of carboxylic acids is 2. The normalized spacial score (nSPS) is 10.1. The lowest BCUT2D eigenvalue weighted by Crippen LogP contribution is -2.07. The Labute approximate surface area is 89.0 Å². The monoisotopic (exact) mass is 218 g/mol. The van der Waals surface area contributed by atoms with Gasteiger partial charge in [0.05, 0.1) is 0 Å². The van der Waals surface area contributed by atoms with Crippen molar-refractivity contribution < 1.29 is 24.5 Å². The van der Waals surface area contributed by atoms with E-state index >= 15 is 0 Å². The van der Waals surface area contributed by atoms with Crippen LogP contribution in [-0.4, -0.2) is 35.4 Å². The molecule has 0 unspecified atom stereocenters. The molecule has 0 rings (SSSR count). The van der Waals surface area contributed by atoms with Gasteiger partial charge in [-0.1, -0.05) is 19.3 Å². The minimum Gasteiger partial charge on any atom is -0.481 e. The van der Waals surface area contributed by atoms with Crippen LogP contribution in [0.1, 0.15) is 38.5 Å². The van der Waals surface area contributed by atoms with E-state index in [1.54, 1.807) is 0 Å². The van der Waals surface area contributed by atoms with Gasteiger partial charge in [0.2, 0.25) is 0 Å². The van der Waals surface area contributed by atoms with Crippen LogP contribution in [0.25, 0.3) is 0 Å². The Kier molecular flexibility index (Phi) is 8.76. The van der Waals surface area contributed by atoms with E-state index in [0.29, 0.717) is 13.0 Å². The first-order chi connectivity index (χ1) is 7.13. The molecule has 0 aliphatic heterocycles. The van der Waals surface area contributed by atoms with Gasteiger partial charge < -0.3 is 14.9 Å². The highest BCUT2D eigenvalue weighted by atomic mass is 16.5. The van der Waals surface area contributed by atoms with Crippen molar-refractivity contribution in [2.75, 3.05) is 13.2 Å². The fraction of sp³-hybridized carbons (Fsp3) is 0.800. The summed E-state index contributed by atoms with van der Waals surface area (Å²) in [5.41, 5.74) is 0. The zero-order valence-corrected chi connectivity index (χ0v) is 8.78. The molecular formula is C10H18O5. The van der Waals surface area contributed by atoms with Crippen molar-refractivity contribution in [1.29, 1.82) is 0 Å². The predicted molar refractivity (Wildman–Crippen MR) is 53.8 cm³/mol. The van der Waals surface area contributed by atoms with E-state index in [-0.39, 0.29) is 13.0 Å². The van der Waals surface area contributed by atoms with E-state index in [1.807, 2.05) is 0 Å². The fourth-order valence-corrected chi connectivity index (χ4v) is 1.17. The number of aliphatic carboxylic acids is 2. The van der Waals surface area contributed by atoms with Crippen LogP contribution in [0.5, 0.6) is 0 Å². The molecule has 0 amide bonds. The second kappa shape index (κ2) is 9.45. The third kappa shape index (κ3) is 12.9. The van der Waals surface area contributed by atoms with E-state index in [2.05, 4.69) is 0 Å². The van der Waals surface area contributed by atoms with Crippen molar-refractivity contribution in [2.45, 2.75) is 38.5 Å². The quantitative estimate of drug-likeness (QED) is 0.543. The van der Waals surface area contributed by atoms with Crippen LogP contribution in [0.15, 0.2) is 0 Å². The highest BCUT2D eigenvalue weighted by molar-refractivity contribution is 5.68. The van der Waals surface area contributed by atoms with E-state index in [0.717, 1.165) is 25.7 Å². The highest BCUT2D eigenvalue weighted by Crippen LogP contribution is 2.05. The van der Waals surface area contributed by atoms with Gasteiger partial charge in [-0.2, -0.15) is 0 Å². The van der Waals surface area contributed by atoms with Crippen LogP contribution in [0.3, 0.4) is 0 Å². The molecule has 0 spiro atoms. The van der Waals surface area contributed by atoms with Crippen LogP contribution in [0, 0.1) is 0 Å². The molecule has 0 fully saturated rings. The zero-order valence-electron chi connectivity index (χ0n) is 8.78. The molecule has 0 bridgehead atoms. The molecule has 5 heteroatoms. The topological polar surface area (TPSA) is 83.8 Å². The number of carboxylic acid groups (broad SMARTS) is 2. The molecule has 0 atom stereocenters. The second-order valence-corrected chi connectivity index (χ2v) is 3.36. The molecule has 15 heavy (non-hydrogen) atoms. The van der Waals surface area contributed by atoms with E-state index < -0.39 is 11.9 Å². The largest absolute Gasteiger partial charge is 0.481 e. The van der Waals surface area contributed by atoms with Gasteiger partial charge in [0.1, 0.15) is 6.61 Å². The fourth-order valence-electron chi connectivity index (χ4n) is 1.17. The lowest BCUT2D eigenvalue weighted by atomic mass is 10.1. The van der Waals surface area contributed by atoms with Gasteiger partial charge in [0, 0.05) is 13.0 Å². The van der Waals surface area contributed by atoms with Gasteiger partial charge >= 0.3 is 11.9 Å². The SMILES string of the molecule is O=C(O)CCCCCCCOCC(=O)O. The van der Waals surface area contributed by atoms with Crippen LogP contribution >= 0.6 is 0 Å². The van der Waals surface area contributed by atoms with Gasteiger partial charge in [0.25, 0.3) is 0 Å². The summed E-state index contributed by atoms with van der Waals surface area (Å²) in [4.78, 5) is 20.2. The minimum atomic E-state index is -0.948. The summed E-state index contributed by atoms with van der Waals surface area (Å²) >= 11 is 0. The van der Waals surface area contributed by atoms with Crippen LogP contribution < -0.4 is 0 Å². The lowest BCUT2D eigenvalue weighted by molar-refractivity contribution is -0.142. The Morgan fingerprint density at radius 1 is 0.867 bits per heavy atom. The maximum absolute atomic E-state index is 10.2. The van der Waals surface area contributed by atoms with Gasteiger partial charge in [-0.25, -0.2) is 4.79 Å². The molecular weight excluding hydrogens is 200 g/mol. The summed E-state index contributed by atoms with van der Waals surface area (Å²) in [6, 6.07) is 0. The highest BCUT2D eigenvalue weighted by Gasteiger charge is 1.97. The van der Waals surface area contributed by atoms with Crippen LogP contribution in [-0.2, 0) is 14.3 Å². The second-order valence-electron chi connectivity index (χ2n) is 3.36. The Bertz CT molecular complexity index is 170. The maximum atomic E-state index is 10.2. The number of ether oxygens (including phenoxy) is 1. The Balaban J connectivity index is 2.99. The average molecular weight is 218 g/mol. The van der Waals surface area contributed by atoms with Crippen molar-refractivity contribution in [2.24, 2.45) is 0 Å². The molecule has 88 valence electrons. The van der Waals surface area contributed by atoms with E-state index in [9.17, 15) is 9.59 Å². The first kappa shape index (κ1) is 13.9. The molecule has 0 aromatic heterocycles. The number of unbranched alkanes of at least 4 members (excludes halogenated alkanes) is 4. The Morgan fingerprint density at radius 3 is 2.07 bits per heavy atom. The minimum absolute atomic E-state index is 0.232. The zero-order chi connectivity index (χ0) is 11.5. The Hall–Kier alpha value is -1.10. The predicted octanol–water partition coefficient (Wildman–Crippen LogP) is 1.51. The summed E-state index contributed by atoms with van der Waals surface area (Å²) < 4.78 is 4.85. The molecule has 0 saturated heterocycles. The Morgan fingerprint density at radius 2 is 1.47 bits per heavy atom. The van der Waals surface area contributed by atoms with Crippen LogP contribution in [0.2, 0.25) is 0 Å². The van der Waals surface area contributed by atoms with Crippen molar-refractivity contribution in [3.63, 3.8) is 0 Å². The third-order valence-electron chi connectivity index (χ3n) is 1.90. The van der Waals surface area contributed by atoms with Crippen molar-refractivity contribution in [1.82, 2.24) is 0 Å². The van der Waals surface area contributed by atoms with Gasteiger partial charge in [-0.05, 0) is 12.8 Å². The lowest BCUT2D eigenvalue weighted by Gasteiger charge is -2.01. The summed E-state index contributed by atoms with van der Waals surface area (Å²) in [5.74, 6) is -1.70. The van der Waals surface area contributed by atoms with Gasteiger partial charge in [-0.3, -0.25) is 4.79 Å². The first-order valence-electron chi connectivity index (χ1n) is 5.14. The first-order valence-corrected chi connectivity index (χ1v) is 5.14. The van der Waals surface area contributed by atoms with Crippen LogP contribution in [0.4, 0.5) is 0 Å². The smallest absolute Gasteiger partial charge is 0.329 e. The van der Waals surface area contributed by atoms with Gasteiger partial charge in [-0.15, -0.1) is 0 Å². The van der Waals surface area contributed by atoms with Crippen molar-refractivity contribution in [3.05, 3.63) is 0 Å².